The number of pyridine rings is 1. The molecular weight excluding hydrogens is 397 g/mol. The van der Waals surface area contributed by atoms with E-state index in [4.69, 9.17) is 4.74 Å². The predicted octanol–water partition coefficient (Wildman–Crippen LogP) is 4.03. The third-order valence-corrected chi connectivity index (χ3v) is 4.61. The molecule has 3 aromatic carbocycles. The van der Waals surface area contributed by atoms with Crippen LogP contribution in [0.4, 0.5) is 4.39 Å². The normalized spacial score (nSPS) is 10.5. The maximum absolute atomic E-state index is 13.6. The summed E-state index contributed by atoms with van der Waals surface area (Å²) >= 11 is 0. The molecule has 154 valence electrons. The number of carbonyl (C=O) groups is 2. The molecule has 0 aliphatic rings. The molecule has 0 saturated heterocycles. The molecule has 1 aromatic heterocycles. The van der Waals surface area contributed by atoms with Gasteiger partial charge in [-0.05, 0) is 42.0 Å². The third-order valence-electron chi connectivity index (χ3n) is 4.61. The Morgan fingerprint density at radius 3 is 2.39 bits per heavy atom. The lowest BCUT2D eigenvalue weighted by atomic mass is 10.1. The van der Waals surface area contributed by atoms with Crippen molar-refractivity contribution in [3.8, 4) is 5.75 Å². The molecular formula is C24H18FN3O3. The van der Waals surface area contributed by atoms with Gasteiger partial charge >= 0.3 is 0 Å². The van der Waals surface area contributed by atoms with Crippen molar-refractivity contribution < 1.29 is 18.7 Å². The average Bonchev–Trinajstić information content (AvgIpc) is 2.81. The van der Waals surface area contributed by atoms with Gasteiger partial charge in [-0.25, -0.2) is 4.39 Å². The standard InChI is InChI=1S/C24H18FN3O3/c25-20-8-2-1-7-19(20)24(30)28-27-23(29)18-12-10-16(11-13-18)15-31-21-9-3-5-17-6-4-14-26-22(17)21/h1-14H,15H2,(H,27,29)(H,28,30). The molecule has 6 nitrogen and oxygen atoms in total. The number of hydrazine groups is 1. The van der Waals surface area contributed by atoms with E-state index >= 15 is 0 Å². The Kier molecular flexibility index (Phi) is 5.84. The van der Waals surface area contributed by atoms with Crippen molar-refractivity contribution >= 4 is 22.7 Å². The highest BCUT2D eigenvalue weighted by atomic mass is 19.1. The van der Waals surface area contributed by atoms with Crippen LogP contribution in [0.2, 0.25) is 0 Å². The maximum Gasteiger partial charge on any atom is 0.272 e. The number of fused-ring (bicyclic) bond motifs is 1. The van der Waals surface area contributed by atoms with Crippen molar-refractivity contribution in [3.63, 3.8) is 0 Å². The fourth-order valence-corrected chi connectivity index (χ4v) is 3.00. The lowest BCUT2D eigenvalue weighted by Gasteiger charge is -2.10. The van der Waals surface area contributed by atoms with Gasteiger partial charge in [-0.3, -0.25) is 25.4 Å². The molecule has 0 fully saturated rings. The predicted molar refractivity (Wildman–Crippen MR) is 114 cm³/mol. The van der Waals surface area contributed by atoms with E-state index in [9.17, 15) is 14.0 Å². The first-order chi connectivity index (χ1) is 15.1. The van der Waals surface area contributed by atoms with Crippen LogP contribution in [-0.2, 0) is 6.61 Å². The van der Waals surface area contributed by atoms with Gasteiger partial charge in [0.25, 0.3) is 11.8 Å². The fourth-order valence-electron chi connectivity index (χ4n) is 3.00. The Labute approximate surface area is 177 Å². The van der Waals surface area contributed by atoms with Crippen molar-refractivity contribution in [2.75, 3.05) is 0 Å². The molecule has 2 amide bonds. The van der Waals surface area contributed by atoms with E-state index in [1.165, 1.54) is 24.3 Å². The van der Waals surface area contributed by atoms with E-state index in [0.717, 1.165) is 16.5 Å². The topological polar surface area (TPSA) is 80.3 Å². The molecule has 0 aliphatic carbocycles. The highest BCUT2D eigenvalue weighted by Gasteiger charge is 2.12. The lowest BCUT2D eigenvalue weighted by molar-refractivity contribution is 0.0844. The summed E-state index contributed by atoms with van der Waals surface area (Å²) in [5.41, 5.74) is 6.31. The van der Waals surface area contributed by atoms with Crippen LogP contribution in [0.5, 0.6) is 5.75 Å². The molecule has 0 aliphatic heterocycles. The van der Waals surface area contributed by atoms with E-state index in [2.05, 4.69) is 15.8 Å². The van der Waals surface area contributed by atoms with Crippen LogP contribution in [0.1, 0.15) is 26.3 Å². The number of ether oxygens (including phenoxy) is 1. The Morgan fingerprint density at radius 1 is 0.839 bits per heavy atom. The molecule has 1 heterocycles. The number of amides is 2. The number of carbonyl (C=O) groups excluding carboxylic acids is 2. The molecule has 4 rings (SSSR count). The van der Waals surface area contributed by atoms with Gasteiger partial charge in [0.15, 0.2) is 0 Å². The molecule has 7 heteroatoms. The van der Waals surface area contributed by atoms with Crippen molar-refractivity contribution in [2.45, 2.75) is 6.61 Å². The molecule has 0 spiro atoms. The lowest BCUT2D eigenvalue weighted by Crippen LogP contribution is -2.41. The number of benzene rings is 3. The van der Waals surface area contributed by atoms with Crippen LogP contribution >= 0.6 is 0 Å². The number of para-hydroxylation sites is 1. The van der Waals surface area contributed by atoms with E-state index in [1.54, 1.807) is 30.5 Å². The molecule has 0 bridgehead atoms. The van der Waals surface area contributed by atoms with Gasteiger partial charge in [-0.15, -0.1) is 0 Å². The van der Waals surface area contributed by atoms with Crippen molar-refractivity contribution in [3.05, 3.63) is 108 Å². The van der Waals surface area contributed by atoms with E-state index in [-0.39, 0.29) is 5.56 Å². The summed E-state index contributed by atoms with van der Waals surface area (Å²) in [7, 11) is 0. The summed E-state index contributed by atoms with van der Waals surface area (Å²) in [5, 5.41) is 0.990. The van der Waals surface area contributed by atoms with Crippen LogP contribution in [0.25, 0.3) is 10.9 Å². The number of aromatic nitrogens is 1. The quantitative estimate of drug-likeness (QED) is 0.483. The zero-order valence-corrected chi connectivity index (χ0v) is 16.3. The van der Waals surface area contributed by atoms with Gasteiger partial charge in [0, 0.05) is 17.1 Å². The Hall–Kier alpha value is -4.26. The summed E-state index contributed by atoms with van der Waals surface area (Å²) in [6, 6.07) is 21.8. The number of nitrogens with one attached hydrogen (secondary N) is 2. The summed E-state index contributed by atoms with van der Waals surface area (Å²) in [6.07, 6.45) is 1.72. The highest BCUT2D eigenvalue weighted by Crippen LogP contribution is 2.23. The van der Waals surface area contributed by atoms with Crippen LogP contribution in [-0.4, -0.2) is 16.8 Å². The average molecular weight is 415 g/mol. The highest BCUT2D eigenvalue weighted by molar-refractivity contribution is 5.99. The van der Waals surface area contributed by atoms with Crippen LogP contribution in [0.3, 0.4) is 0 Å². The SMILES string of the molecule is O=C(NNC(=O)c1ccccc1F)c1ccc(COc2cccc3cccnc23)cc1. The number of nitrogens with zero attached hydrogens (tertiary/aromatic N) is 1. The fraction of sp³-hybridized carbons (Fsp3) is 0.0417. The molecule has 31 heavy (non-hydrogen) atoms. The molecule has 4 aromatic rings. The first-order valence-corrected chi connectivity index (χ1v) is 9.52. The zero-order valence-electron chi connectivity index (χ0n) is 16.3. The zero-order chi connectivity index (χ0) is 21.6. The third kappa shape index (κ3) is 4.67. The van der Waals surface area contributed by atoms with Gasteiger partial charge in [0.1, 0.15) is 23.7 Å². The van der Waals surface area contributed by atoms with Crippen molar-refractivity contribution in [1.29, 1.82) is 0 Å². The van der Waals surface area contributed by atoms with Crippen LogP contribution in [0.15, 0.2) is 85.1 Å². The first-order valence-electron chi connectivity index (χ1n) is 9.52. The first kappa shape index (κ1) is 20.0. The summed E-state index contributed by atoms with van der Waals surface area (Å²) in [5.74, 6) is -1.24. The Bertz CT molecular complexity index is 1240. The van der Waals surface area contributed by atoms with E-state index in [0.29, 0.717) is 17.9 Å². The monoisotopic (exact) mass is 415 g/mol. The maximum atomic E-state index is 13.6. The van der Waals surface area contributed by atoms with Crippen molar-refractivity contribution in [2.24, 2.45) is 0 Å². The minimum Gasteiger partial charge on any atom is -0.487 e. The minimum absolute atomic E-state index is 0.154. The minimum atomic E-state index is -0.736. The van der Waals surface area contributed by atoms with E-state index in [1.807, 2.05) is 30.3 Å². The van der Waals surface area contributed by atoms with Gasteiger partial charge in [0.05, 0.1) is 5.56 Å². The van der Waals surface area contributed by atoms with E-state index < -0.39 is 17.6 Å². The smallest absolute Gasteiger partial charge is 0.272 e. The molecule has 0 unspecified atom stereocenters. The van der Waals surface area contributed by atoms with Crippen LogP contribution < -0.4 is 15.6 Å². The Morgan fingerprint density at radius 2 is 1.58 bits per heavy atom. The number of rotatable bonds is 5. The molecule has 0 radical (unpaired) electrons. The molecule has 2 N–H and O–H groups in total. The van der Waals surface area contributed by atoms with Gasteiger partial charge in [0.2, 0.25) is 0 Å². The van der Waals surface area contributed by atoms with Gasteiger partial charge in [-0.2, -0.15) is 0 Å². The number of hydrogen-bond acceptors (Lipinski definition) is 4. The number of halogens is 1. The van der Waals surface area contributed by atoms with Gasteiger partial charge < -0.3 is 4.74 Å². The van der Waals surface area contributed by atoms with Crippen LogP contribution in [0, 0.1) is 5.82 Å². The van der Waals surface area contributed by atoms with Crippen molar-refractivity contribution in [1.82, 2.24) is 15.8 Å². The van der Waals surface area contributed by atoms with Gasteiger partial charge in [-0.1, -0.05) is 42.5 Å². The summed E-state index contributed by atoms with van der Waals surface area (Å²) < 4.78 is 19.5. The second-order valence-corrected chi connectivity index (χ2v) is 6.70. The second-order valence-electron chi connectivity index (χ2n) is 6.70. The second kappa shape index (κ2) is 9.04. The Balaban J connectivity index is 1.35. The summed E-state index contributed by atoms with van der Waals surface area (Å²) in [4.78, 5) is 28.6. The largest absolute Gasteiger partial charge is 0.487 e. The summed E-state index contributed by atoms with van der Waals surface area (Å²) in [6.45, 7) is 0.307. The molecule has 0 saturated carbocycles. The molecule has 0 atom stereocenters. The number of hydrogen-bond donors (Lipinski definition) is 2.